The van der Waals surface area contributed by atoms with Crippen molar-refractivity contribution in [2.75, 3.05) is 20.3 Å². The number of methoxy groups -OCH3 is 1. The number of aromatic nitrogens is 2. The Morgan fingerprint density at radius 1 is 1.44 bits per heavy atom. The van der Waals surface area contributed by atoms with Gasteiger partial charge in [-0.05, 0) is 37.5 Å². The van der Waals surface area contributed by atoms with Gasteiger partial charge in [0, 0.05) is 44.2 Å². The third kappa shape index (κ3) is 4.71. The Balaban J connectivity index is 1.75. The van der Waals surface area contributed by atoms with Gasteiger partial charge in [-0.3, -0.25) is 4.90 Å². The zero-order valence-electron chi connectivity index (χ0n) is 15.1. The minimum atomic E-state index is 0.320. The molecule has 1 aromatic carbocycles. The highest BCUT2D eigenvalue weighted by atomic mass is 16.5. The van der Waals surface area contributed by atoms with Crippen LogP contribution in [0.3, 0.4) is 0 Å². The first-order valence-electron chi connectivity index (χ1n) is 8.82. The topological polar surface area (TPSA) is 39.5 Å². The molecule has 134 valence electrons. The van der Waals surface area contributed by atoms with E-state index >= 15 is 0 Å². The molecule has 1 aromatic heterocycles. The molecular weight excluding hydrogens is 314 g/mol. The second kappa shape index (κ2) is 8.32. The van der Waals surface area contributed by atoms with Crippen LogP contribution in [0.2, 0.25) is 0 Å². The van der Waals surface area contributed by atoms with Crippen molar-refractivity contribution in [1.82, 2.24) is 14.7 Å². The molecule has 1 atom stereocenters. The Hall–Kier alpha value is -2.11. The van der Waals surface area contributed by atoms with E-state index in [9.17, 15) is 0 Å². The van der Waals surface area contributed by atoms with Crippen LogP contribution < -0.4 is 4.74 Å². The van der Waals surface area contributed by atoms with Crippen molar-refractivity contribution >= 4 is 6.20 Å². The lowest BCUT2D eigenvalue weighted by molar-refractivity contribution is 0.0678. The maximum absolute atomic E-state index is 5.86. The molecule has 0 radical (unpaired) electrons. The molecule has 1 saturated heterocycles. The number of benzene rings is 1. The molecule has 0 spiro atoms. The van der Waals surface area contributed by atoms with Gasteiger partial charge in [0.2, 0.25) is 0 Å². The molecule has 1 aliphatic heterocycles. The fraction of sp³-hybridized carbons (Fsp3) is 0.450. The molecule has 0 aliphatic carbocycles. The summed E-state index contributed by atoms with van der Waals surface area (Å²) in [5.41, 5.74) is 3.51. The molecule has 25 heavy (non-hydrogen) atoms. The normalized spacial score (nSPS) is 17.2. The van der Waals surface area contributed by atoms with Gasteiger partial charge in [0.25, 0.3) is 0 Å². The van der Waals surface area contributed by atoms with Gasteiger partial charge in [-0.1, -0.05) is 18.7 Å². The zero-order valence-corrected chi connectivity index (χ0v) is 15.1. The molecule has 0 amide bonds. The van der Waals surface area contributed by atoms with Gasteiger partial charge >= 0.3 is 0 Å². The Morgan fingerprint density at radius 3 is 3.00 bits per heavy atom. The smallest absolute Gasteiger partial charge is 0.119 e. The highest BCUT2D eigenvalue weighted by Gasteiger charge is 2.20. The summed E-state index contributed by atoms with van der Waals surface area (Å²) in [4.78, 5) is 2.43. The fourth-order valence-electron chi connectivity index (χ4n) is 3.30. The molecule has 0 bridgehead atoms. The van der Waals surface area contributed by atoms with Crippen LogP contribution in [0, 0.1) is 6.92 Å². The van der Waals surface area contributed by atoms with Crippen LogP contribution in [0.15, 0.2) is 37.0 Å². The molecule has 5 nitrogen and oxygen atoms in total. The van der Waals surface area contributed by atoms with Gasteiger partial charge in [0.15, 0.2) is 0 Å². The third-order valence-electron chi connectivity index (χ3n) is 4.63. The third-order valence-corrected chi connectivity index (χ3v) is 4.63. The van der Waals surface area contributed by atoms with E-state index in [2.05, 4.69) is 34.9 Å². The van der Waals surface area contributed by atoms with E-state index in [1.807, 2.05) is 19.1 Å². The predicted molar refractivity (Wildman–Crippen MR) is 99.4 cm³/mol. The van der Waals surface area contributed by atoms with Crippen LogP contribution in [0.1, 0.15) is 29.7 Å². The van der Waals surface area contributed by atoms with Crippen molar-refractivity contribution in [2.24, 2.45) is 0 Å². The molecule has 1 aliphatic rings. The van der Waals surface area contributed by atoms with E-state index in [0.29, 0.717) is 6.10 Å². The molecule has 3 rings (SSSR count). The summed E-state index contributed by atoms with van der Waals surface area (Å²) in [6.07, 6.45) is 6.39. The molecule has 0 N–H and O–H groups in total. The summed E-state index contributed by atoms with van der Waals surface area (Å²) in [6, 6.07) is 8.26. The average molecular weight is 341 g/mol. The predicted octanol–water partition coefficient (Wildman–Crippen LogP) is 3.48. The van der Waals surface area contributed by atoms with Crippen LogP contribution in [-0.2, 0) is 17.8 Å². The number of aryl methyl sites for hydroxylation is 1. The van der Waals surface area contributed by atoms with Gasteiger partial charge in [0.05, 0.1) is 18.9 Å². The Kier molecular flexibility index (Phi) is 5.89. The van der Waals surface area contributed by atoms with Crippen molar-refractivity contribution in [1.29, 1.82) is 0 Å². The molecule has 2 aromatic rings. The molecular formula is C20H27N3O2. The first kappa shape index (κ1) is 17.7. The summed E-state index contributed by atoms with van der Waals surface area (Å²) < 4.78 is 13.0. The minimum absolute atomic E-state index is 0.320. The summed E-state index contributed by atoms with van der Waals surface area (Å²) in [5, 5.41) is 4.47. The van der Waals surface area contributed by atoms with E-state index in [4.69, 9.17) is 9.47 Å². The number of hydrogen-bond donors (Lipinski definition) is 0. The van der Waals surface area contributed by atoms with Crippen molar-refractivity contribution in [3.63, 3.8) is 0 Å². The number of hydrogen-bond acceptors (Lipinski definition) is 4. The van der Waals surface area contributed by atoms with Gasteiger partial charge < -0.3 is 9.47 Å². The van der Waals surface area contributed by atoms with Crippen LogP contribution in [0.4, 0.5) is 0 Å². The Labute approximate surface area is 149 Å². The van der Waals surface area contributed by atoms with Crippen molar-refractivity contribution in [2.45, 2.75) is 39.0 Å². The first-order chi connectivity index (χ1) is 12.2. The van der Waals surface area contributed by atoms with Crippen LogP contribution in [-0.4, -0.2) is 41.0 Å². The minimum Gasteiger partial charge on any atom is -0.497 e. The van der Waals surface area contributed by atoms with Crippen molar-refractivity contribution < 1.29 is 9.47 Å². The summed E-state index contributed by atoms with van der Waals surface area (Å²) in [7, 11) is 1.70. The fourth-order valence-corrected chi connectivity index (χ4v) is 3.30. The highest BCUT2D eigenvalue weighted by molar-refractivity contribution is 5.29. The SMILES string of the molecule is C=Cn1cc(CN(Cc2cccc(OC)c2)CC2CCCO2)c(C)n1. The van der Waals surface area contributed by atoms with Gasteiger partial charge in [0.1, 0.15) is 5.75 Å². The summed E-state index contributed by atoms with van der Waals surface area (Å²) in [5.74, 6) is 0.894. The van der Waals surface area contributed by atoms with E-state index in [1.54, 1.807) is 18.0 Å². The van der Waals surface area contributed by atoms with E-state index in [1.165, 1.54) is 11.1 Å². The molecule has 1 fully saturated rings. The molecule has 5 heteroatoms. The monoisotopic (exact) mass is 341 g/mol. The lowest BCUT2D eigenvalue weighted by atomic mass is 10.1. The summed E-state index contributed by atoms with van der Waals surface area (Å²) in [6.45, 7) is 9.34. The van der Waals surface area contributed by atoms with Crippen LogP contribution >= 0.6 is 0 Å². The quantitative estimate of drug-likeness (QED) is 0.737. The zero-order chi connectivity index (χ0) is 17.6. The van der Waals surface area contributed by atoms with Gasteiger partial charge in [-0.15, -0.1) is 0 Å². The maximum Gasteiger partial charge on any atom is 0.119 e. The number of nitrogens with zero attached hydrogens (tertiary/aromatic N) is 3. The number of ether oxygens (including phenoxy) is 2. The Bertz CT molecular complexity index is 705. The lowest BCUT2D eigenvalue weighted by Gasteiger charge is -2.25. The second-order valence-electron chi connectivity index (χ2n) is 6.56. The van der Waals surface area contributed by atoms with E-state index in [-0.39, 0.29) is 0 Å². The standard InChI is InChI=1S/C20H27N3O2/c1-4-23-14-18(16(2)21-23)13-22(15-20-9-6-10-25-20)12-17-7-5-8-19(11-17)24-3/h4-5,7-8,11,14,20H,1,6,9-10,12-13,15H2,2-3H3. The van der Waals surface area contributed by atoms with Crippen molar-refractivity contribution in [3.05, 3.63) is 53.9 Å². The van der Waals surface area contributed by atoms with Gasteiger partial charge in [-0.2, -0.15) is 5.10 Å². The second-order valence-corrected chi connectivity index (χ2v) is 6.56. The van der Waals surface area contributed by atoms with E-state index in [0.717, 1.165) is 50.5 Å². The molecule has 0 saturated carbocycles. The van der Waals surface area contributed by atoms with Crippen LogP contribution in [0.25, 0.3) is 6.20 Å². The van der Waals surface area contributed by atoms with Gasteiger partial charge in [-0.25, -0.2) is 4.68 Å². The Morgan fingerprint density at radius 2 is 2.32 bits per heavy atom. The lowest BCUT2D eigenvalue weighted by Crippen LogP contribution is -2.31. The molecule has 2 heterocycles. The van der Waals surface area contributed by atoms with Crippen molar-refractivity contribution in [3.8, 4) is 5.75 Å². The van der Waals surface area contributed by atoms with E-state index < -0.39 is 0 Å². The van der Waals surface area contributed by atoms with Crippen LogP contribution in [0.5, 0.6) is 5.75 Å². The molecule has 1 unspecified atom stereocenters. The summed E-state index contributed by atoms with van der Waals surface area (Å²) >= 11 is 0. The number of rotatable bonds is 8. The largest absolute Gasteiger partial charge is 0.497 e. The highest BCUT2D eigenvalue weighted by Crippen LogP contribution is 2.20. The first-order valence-corrected chi connectivity index (χ1v) is 8.82. The average Bonchev–Trinajstić information content (AvgIpc) is 3.25. The maximum atomic E-state index is 5.86.